The SMILES string of the molecule is CC(C)CCCCNc1ccc(C(=O)Nc2ccc([NH+]=O)s2)c(C(C)C)c1. The van der Waals surface area contributed by atoms with Crippen LogP contribution in [0.15, 0.2) is 30.3 Å². The van der Waals surface area contributed by atoms with E-state index in [4.69, 9.17) is 0 Å². The molecule has 1 heterocycles. The molecule has 6 heteroatoms. The molecule has 5 nitrogen and oxygen atoms in total. The van der Waals surface area contributed by atoms with Gasteiger partial charge in [0.25, 0.3) is 5.91 Å². The van der Waals surface area contributed by atoms with Gasteiger partial charge in [-0.2, -0.15) is 0 Å². The normalized spacial score (nSPS) is 11.0. The molecule has 2 rings (SSSR count). The molecule has 1 amide bonds. The van der Waals surface area contributed by atoms with Crippen molar-refractivity contribution >= 4 is 32.9 Å². The fourth-order valence-electron chi connectivity index (χ4n) is 2.91. The molecule has 3 N–H and O–H groups in total. The third-order valence-electron chi connectivity index (χ3n) is 4.40. The van der Waals surface area contributed by atoms with Crippen molar-refractivity contribution in [3.8, 4) is 0 Å². The second-order valence-corrected chi connectivity index (χ2v) is 8.58. The van der Waals surface area contributed by atoms with Gasteiger partial charge >= 0.3 is 5.00 Å². The van der Waals surface area contributed by atoms with Crippen molar-refractivity contribution in [1.29, 1.82) is 0 Å². The highest BCUT2D eigenvalue weighted by atomic mass is 32.1. The Morgan fingerprint density at radius 1 is 1.11 bits per heavy atom. The van der Waals surface area contributed by atoms with Crippen LogP contribution in [0, 0.1) is 10.8 Å². The van der Waals surface area contributed by atoms with Gasteiger partial charge in [-0.1, -0.05) is 40.5 Å². The number of anilines is 2. The molecule has 0 fully saturated rings. The fourth-order valence-corrected chi connectivity index (χ4v) is 3.60. The Kier molecular flexibility index (Phi) is 7.98. The van der Waals surface area contributed by atoms with E-state index in [-0.39, 0.29) is 11.8 Å². The van der Waals surface area contributed by atoms with E-state index in [2.05, 4.69) is 44.4 Å². The van der Waals surface area contributed by atoms with Crippen LogP contribution in [-0.2, 0) is 0 Å². The Morgan fingerprint density at radius 2 is 1.89 bits per heavy atom. The van der Waals surface area contributed by atoms with E-state index in [0.29, 0.717) is 15.6 Å². The number of nitroso groups, excluding NO2 is 1. The third kappa shape index (κ3) is 6.47. The average Bonchev–Trinajstić information content (AvgIpc) is 3.08. The number of hydrogen-bond donors (Lipinski definition) is 3. The summed E-state index contributed by atoms with van der Waals surface area (Å²) in [6.45, 7) is 9.61. The summed E-state index contributed by atoms with van der Waals surface area (Å²) in [6.07, 6.45) is 3.62. The van der Waals surface area contributed by atoms with Gasteiger partial charge in [0.1, 0.15) is 5.00 Å². The zero-order valence-corrected chi connectivity index (χ0v) is 17.4. The summed E-state index contributed by atoms with van der Waals surface area (Å²) in [5, 5.41) is 9.32. The van der Waals surface area contributed by atoms with Crippen LogP contribution in [0.1, 0.15) is 68.8 Å². The molecule has 146 valence electrons. The molecule has 0 aliphatic heterocycles. The Morgan fingerprint density at radius 3 is 2.52 bits per heavy atom. The van der Waals surface area contributed by atoms with Gasteiger partial charge < -0.3 is 10.6 Å². The van der Waals surface area contributed by atoms with Crippen LogP contribution in [0.3, 0.4) is 0 Å². The van der Waals surface area contributed by atoms with E-state index in [0.717, 1.165) is 30.1 Å². The van der Waals surface area contributed by atoms with Gasteiger partial charge in [-0.15, -0.1) is 0 Å². The van der Waals surface area contributed by atoms with Gasteiger partial charge in [-0.3, -0.25) is 4.79 Å². The summed E-state index contributed by atoms with van der Waals surface area (Å²) >= 11 is 1.22. The molecule has 27 heavy (non-hydrogen) atoms. The summed E-state index contributed by atoms with van der Waals surface area (Å²) in [4.78, 5) is 23.4. The summed E-state index contributed by atoms with van der Waals surface area (Å²) in [7, 11) is 0. The molecule has 0 radical (unpaired) electrons. The van der Waals surface area contributed by atoms with Gasteiger partial charge in [0.05, 0.1) is 0 Å². The van der Waals surface area contributed by atoms with E-state index < -0.39 is 0 Å². The molecule has 2 aromatic rings. The maximum absolute atomic E-state index is 12.7. The van der Waals surface area contributed by atoms with Crippen LogP contribution in [0.4, 0.5) is 15.7 Å². The molecule has 0 saturated heterocycles. The standard InChI is InChI=1S/C21H29N3O2S/c1-14(2)7-5-6-12-22-16-8-9-17(18(13-16)15(3)4)21(25)23-19-10-11-20(24-26)27-19/h8-11,13-15,22H,5-7,12H2,1-4H3,(H,23,25)/p+1. The smallest absolute Gasteiger partial charge is 0.310 e. The number of carbonyl (C=O) groups is 1. The number of amides is 1. The maximum Gasteiger partial charge on any atom is 0.310 e. The highest BCUT2D eigenvalue weighted by Gasteiger charge is 2.16. The number of nitrogens with one attached hydrogen (secondary N) is 3. The fraction of sp³-hybridized carbons (Fsp3) is 0.476. The van der Waals surface area contributed by atoms with Crippen LogP contribution < -0.4 is 15.8 Å². The van der Waals surface area contributed by atoms with Crippen molar-refractivity contribution < 1.29 is 9.97 Å². The molecule has 0 spiro atoms. The predicted octanol–water partition coefficient (Wildman–Crippen LogP) is 4.84. The Hall–Kier alpha value is -2.21. The minimum absolute atomic E-state index is 0.151. The number of thiophene rings is 1. The van der Waals surface area contributed by atoms with E-state index in [1.54, 1.807) is 12.1 Å². The molecular formula is C21H30N3O2S+. The molecule has 0 aliphatic carbocycles. The lowest BCUT2D eigenvalue weighted by atomic mass is 9.96. The molecule has 1 aromatic carbocycles. The number of hydrogen-bond acceptors (Lipinski definition) is 4. The Balaban J connectivity index is 2.03. The summed E-state index contributed by atoms with van der Waals surface area (Å²) in [5.74, 6) is 0.830. The topological polar surface area (TPSA) is 72.2 Å². The van der Waals surface area contributed by atoms with Crippen LogP contribution in [0.2, 0.25) is 0 Å². The highest BCUT2D eigenvalue weighted by Crippen LogP contribution is 2.27. The number of unbranched alkanes of at least 4 members (excludes halogenated alkanes) is 1. The van der Waals surface area contributed by atoms with Crippen LogP contribution in [0.5, 0.6) is 0 Å². The molecule has 0 atom stereocenters. The minimum Gasteiger partial charge on any atom is -0.385 e. The lowest BCUT2D eigenvalue weighted by Gasteiger charge is -2.15. The minimum atomic E-state index is -0.151. The molecule has 0 saturated carbocycles. The Bertz CT molecular complexity index is 769. The third-order valence-corrected chi connectivity index (χ3v) is 5.30. The summed E-state index contributed by atoms with van der Waals surface area (Å²) in [6, 6.07) is 9.29. The van der Waals surface area contributed by atoms with Crippen LogP contribution >= 0.6 is 11.3 Å². The summed E-state index contributed by atoms with van der Waals surface area (Å²) in [5.41, 5.74) is 2.73. The Labute approximate surface area is 165 Å². The lowest BCUT2D eigenvalue weighted by molar-refractivity contribution is -0.374. The maximum atomic E-state index is 12.7. The van der Waals surface area contributed by atoms with Gasteiger partial charge in [0, 0.05) is 33.9 Å². The average molecular weight is 389 g/mol. The number of benzene rings is 1. The van der Waals surface area contributed by atoms with Crippen molar-refractivity contribution in [2.45, 2.75) is 52.9 Å². The first-order valence-electron chi connectivity index (χ1n) is 9.58. The highest BCUT2D eigenvalue weighted by molar-refractivity contribution is 7.19. The van der Waals surface area contributed by atoms with Crippen molar-refractivity contribution in [2.24, 2.45) is 5.92 Å². The van der Waals surface area contributed by atoms with Crippen molar-refractivity contribution in [3.63, 3.8) is 0 Å². The zero-order chi connectivity index (χ0) is 19.8. The predicted molar refractivity (Wildman–Crippen MR) is 114 cm³/mol. The van der Waals surface area contributed by atoms with E-state index in [1.165, 1.54) is 24.2 Å². The molecule has 0 unspecified atom stereocenters. The van der Waals surface area contributed by atoms with Gasteiger partial charge in [0.15, 0.2) is 0 Å². The van der Waals surface area contributed by atoms with Crippen molar-refractivity contribution in [1.82, 2.24) is 0 Å². The number of carbonyl (C=O) groups excluding carboxylic acids is 1. The van der Waals surface area contributed by atoms with Gasteiger partial charge in [-0.05, 0) is 59.4 Å². The first-order chi connectivity index (χ1) is 12.9. The molecule has 0 bridgehead atoms. The molecule has 0 aliphatic rings. The second-order valence-electron chi connectivity index (χ2n) is 7.49. The van der Waals surface area contributed by atoms with Gasteiger partial charge in [-0.25, -0.2) is 0 Å². The van der Waals surface area contributed by atoms with Crippen LogP contribution in [0.25, 0.3) is 0 Å². The largest absolute Gasteiger partial charge is 0.385 e. The first kappa shape index (κ1) is 21.1. The monoisotopic (exact) mass is 388 g/mol. The van der Waals surface area contributed by atoms with Crippen molar-refractivity contribution in [2.75, 3.05) is 17.2 Å². The van der Waals surface area contributed by atoms with Gasteiger partial charge in [0.2, 0.25) is 0 Å². The molecular weight excluding hydrogens is 358 g/mol. The molecule has 1 aromatic heterocycles. The van der Waals surface area contributed by atoms with E-state index >= 15 is 0 Å². The van der Waals surface area contributed by atoms with E-state index in [9.17, 15) is 9.70 Å². The quantitative estimate of drug-likeness (QED) is 0.510. The van der Waals surface area contributed by atoms with Crippen molar-refractivity contribution in [3.05, 3.63) is 46.4 Å². The zero-order valence-electron chi connectivity index (χ0n) is 16.6. The lowest BCUT2D eigenvalue weighted by Crippen LogP contribution is -2.54. The second kappa shape index (κ2) is 10.2. The van der Waals surface area contributed by atoms with E-state index in [1.807, 2.05) is 17.3 Å². The first-order valence-corrected chi connectivity index (χ1v) is 10.4. The van der Waals surface area contributed by atoms with Crippen LogP contribution in [-0.4, -0.2) is 12.5 Å². The summed E-state index contributed by atoms with van der Waals surface area (Å²) < 4.78 is 0. The number of rotatable bonds is 10.